The van der Waals surface area contributed by atoms with Crippen molar-refractivity contribution in [2.24, 2.45) is 0 Å². The van der Waals surface area contributed by atoms with Crippen LogP contribution in [0.25, 0.3) is 0 Å². The average molecular weight is 329 g/mol. The summed E-state index contributed by atoms with van der Waals surface area (Å²) in [6.07, 6.45) is 3.65. The highest BCUT2D eigenvalue weighted by Gasteiger charge is 2.18. The molecule has 1 aliphatic rings. The molecule has 1 aromatic heterocycles. The van der Waals surface area contributed by atoms with Gasteiger partial charge in [-0.1, -0.05) is 0 Å². The van der Waals surface area contributed by atoms with Crippen LogP contribution in [0.2, 0.25) is 0 Å². The third-order valence-corrected chi connectivity index (χ3v) is 3.11. The van der Waals surface area contributed by atoms with Crippen LogP contribution in [0.1, 0.15) is 0 Å². The molecule has 6 heteroatoms. The van der Waals surface area contributed by atoms with Gasteiger partial charge in [0, 0.05) is 42.1 Å². The Kier molecular flexibility index (Phi) is 3.90. The molecule has 2 rings (SSSR count). The summed E-state index contributed by atoms with van der Waals surface area (Å²) in [6, 6.07) is 2.17. The van der Waals surface area contributed by atoms with Crippen molar-refractivity contribution in [3.8, 4) is 6.07 Å². The summed E-state index contributed by atoms with van der Waals surface area (Å²) in [5, 5.41) is 8.60. The van der Waals surface area contributed by atoms with Gasteiger partial charge in [0.25, 0.3) is 0 Å². The number of hydrogen-bond donors (Lipinski definition) is 0. The fraction of sp³-hybridized carbons (Fsp3) is 0.500. The van der Waals surface area contributed by atoms with E-state index >= 15 is 0 Å². The van der Waals surface area contributed by atoms with Crippen LogP contribution in [0.3, 0.4) is 0 Å². The lowest BCUT2D eigenvalue weighted by Gasteiger charge is -2.33. The van der Waals surface area contributed by atoms with Crippen LogP contribution >= 0.6 is 22.6 Å². The molecule has 0 atom stereocenters. The molecule has 0 N–H and O–H groups in total. The highest BCUT2D eigenvalue weighted by Crippen LogP contribution is 2.11. The van der Waals surface area contributed by atoms with E-state index in [0.717, 1.165) is 35.7 Å². The molecule has 0 unspecified atom stereocenters. The molecule has 1 aliphatic heterocycles. The standard InChI is InChI=1S/C10H12IN5/c11-9-7-13-10(14-8-9)16-5-3-15(2-1-12)4-6-16/h7-8H,2-6H2. The van der Waals surface area contributed by atoms with Gasteiger partial charge in [0.05, 0.1) is 12.6 Å². The lowest BCUT2D eigenvalue weighted by Crippen LogP contribution is -2.47. The van der Waals surface area contributed by atoms with Crippen LogP contribution < -0.4 is 4.90 Å². The van der Waals surface area contributed by atoms with Gasteiger partial charge in [-0.3, -0.25) is 4.90 Å². The third-order valence-electron chi connectivity index (χ3n) is 2.56. The first kappa shape index (κ1) is 11.5. The Balaban J connectivity index is 1.94. The minimum atomic E-state index is 0.515. The SMILES string of the molecule is N#CCN1CCN(c2ncc(I)cn2)CC1. The van der Waals surface area contributed by atoms with Crippen LogP contribution in [0.5, 0.6) is 0 Å². The molecule has 5 nitrogen and oxygen atoms in total. The predicted molar refractivity (Wildman–Crippen MR) is 69.0 cm³/mol. The number of aromatic nitrogens is 2. The molecule has 84 valence electrons. The zero-order valence-electron chi connectivity index (χ0n) is 8.80. The zero-order chi connectivity index (χ0) is 11.4. The van der Waals surface area contributed by atoms with Crippen LogP contribution in [0, 0.1) is 14.9 Å². The van der Waals surface area contributed by atoms with Crippen molar-refractivity contribution in [3.05, 3.63) is 16.0 Å². The van der Waals surface area contributed by atoms with Gasteiger partial charge in [-0.25, -0.2) is 9.97 Å². The van der Waals surface area contributed by atoms with Gasteiger partial charge in [-0.15, -0.1) is 0 Å². The summed E-state index contributed by atoms with van der Waals surface area (Å²) in [4.78, 5) is 12.9. The van der Waals surface area contributed by atoms with Crippen LogP contribution in [0.4, 0.5) is 5.95 Å². The van der Waals surface area contributed by atoms with Gasteiger partial charge in [0.2, 0.25) is 5.95 Å². The molecule has 2 heterocycles. The Labute approximate surface area is 108 Å². The fourth-order valence-electron chi connectivity index (χ4n) is 1.67. The van der Waals surface area contributed by atoms with Gasteiger partial charge in [-0.2, -0.15) is 5.26 Å². The molecule has 0 saturated carbocycles. The summed E-state index contributed by atoms with van der Waals surface area (Å²) in [7, 11) is 0. The molecule has 0 aliphatic carbocycles. The van der Waals surface area contributed by atoms with E-state index in [0.29, 0.717) is 6.54 Å². The highest BCUT2D eigenvalue weighted by molar-refractivity contribution is 14.1. The van der Waals surface area contributed by atoms with E-state index in [9.17, 15) is 0 Å². The third kappa shape index (κ3) is 2.80. The zero-order valence-corrected chi connectivity index (χ0v) is 11.0. The van der Waals surface area contributed by atoms with Crippen molar-refractivity contribution in [1.29, 1.82) is 5.26 Å². The average Bonchev–Trinajstić information content (AvgIpc) is 2.32. The maximum Gasteiger partial charge on any atom is 0.225 e. The van der Waals surface area contributed by atoms with Crippen molar-refractivity contribution in [3.63, 3.8) is 0 Å². The summed E-state index contributed by atoms with van der Waals surface area (Å²) in [5.74, 6) is 0.789. The number of piperazine rings is 1. The first-order valence-electron chi connectivity index (χ1n) is 5.11. The minimum absolute atomic E-state index is 0.515. The van der Waals surface area contributed by atoms with Gasteiger partial charge >= 0.3 is 0 Å². The smallest absolute Gasteiger partial charge is 0.225 e. The normalized spacial score (nSPS) is 17.1. The quantitative estimate of drug-likeness (QED) is 0.591. The fourth-order valence-corrected chi connectivity index (χ4v) is 1.95. The lowest BCUT2D eigenvalue weighted by molar-refractivity contribution is 0.285. The van der Waals surface area contributed by atoms with Crippen LogP contribution in [-0.4, -0.2) is 47.6 Å². The molecule has 0 radical (unpaired) electrons. The number of hydrogen-bond acceptors (Lipinski definition) is 5. The topological polar surface area (TPSA) is 56.1 Å². The molecule has 0 bridgehead atoms. The number of halogens is 1. The molecule has 1 saturated heterocycles. The Morgan fingerprint density at radius 3 is 2.44 bits per heavy atom. The van der Waals surface area contributed by atoms with Crippen molar-refractivity contribution >= 4 is 28.5 Å². The van der Waals surface area contributed by atoms with E-state index in [-0.39, 0.29) is 0 Å². The summed E-state index contributed by atoms with van der Waals surface area (Å²) in [5.41, 5.74) is 0. The van der Waals surface area contributed by atoms with Crippen LogP contribution in [0.15, 0.2) is 12.4 Å². The Bertz CT molecular complexity index is 377. The van der Waals surface area contributed by atoms with E-state index in [1.807, 2.05) is 12.4 Å². The van der Waals surface area contributed by atoms with E-state index in [1.165, 1.54) is 0 Å². The summed E-state index contributed by atoms with van der Waals surface area (Å²) >= 11 is 2.19. The number of nitriles is 1. The van der Waals surface area contributed by atoms with Crippen molar-refractivity contribution in [1.82, 2.24) is 14.9 Å². The second kappa shape index (κ2) is 5.41. The van der Waals surface area contributed by atoms with Gasteiger partial charge in [0.1, 0.15) is 0 Å². The second-order valence-electron chi connectivity index (χ2n) is 3.62. The maximum absolute atomic E-state index is 8.60. The minimum Gasteiger partial charge on any atom is -0.338 e. The second-order valence-corrected chi connectivity index (χ2v) is 4.87. The monoisotopic (exact) mass is 329 g/mol. The van der Waals surface area contributed by atoms with Crippen molar-refractivity contribution in [2.75, 3.05) is 37.6 Å². The van der Waals surface area contributed by atoms with E-state index in [2.05, 4.69) is 48.4 Å². The van der Waals surface area contributed by atoms with Gasteiger partial charge in [-0.05, 0) is 22.6 Å². The lowest BCUT2D eigenvalue weighted by atomic mass is 10.3. The van der Waals surface area contributed by atoms with E-state index in [4.69, 9.17) is 5.26 Å². The molecular weight excluding hydrogens is 317 g/mol. The molecule has 1 aromatic rings. The molecule has 1 fully saturated rings. The first-order chi connectivity index (χ1) is 7.79. The van der Waals surface area contributed by atoms with E-state index in [1.54, 1.807) is 0 Å². The number of anilines is 1. The molecule has 0 amide bonds. The predicted octanol–water partition coefficient (Wildman–Crippen LogP) is 0.727. The van der Waals surface area contributed by atoms with Gasteiger partial charge in [0.15, 0.2) is 0 Å². The number of rotatable bonds is 2. The van der Waals surface area contributed by atoms with Gasteiger partial charge < -0.3 is 4.90 Å². The molecule has 0 aromatic carbocycles. The summed E-state index contributed by atoms with van der Waals surface area (Å²) in [6.45, 7) is 4.11. The van der Waals surface area contributed by atoms with Crippen LogP contribution in [-0.2, 0) is 0 Å². The Morgan fingerprint density at radius 2 is 1.88 bits per heavy atom. The number of nitrogens with zero attached hydrogens (tertiary/aromatic N) is 5. The molecule has 0 spiro atoms. The molecular formula is C10H12IN5. The molecule has 16 heavy (non-hydrogen) atoms. The summed E-state index contributed by atoms with van der Waals surface area (Å²) < 4.78 is 1.05. The van der Waals surface area contributed by atoms with Crippen molar-refractivity contribution < 1.29 is 0 Å². The Hall–Kier alpha value is -0.940. The maximum atomic E-state index is 8.60. The first-order valence-corrected chi connectivity index (χ1v) is 6.19. The van der Waals surface area contributed by atoms with Crippen molar-refractivity contribution in [2.45, 2.75) is 0 Å². The Morgan fingerprint density at radius 1 is 1.25 bits per heavy atom. The largest absolute Gasteiger partial charge is 0.338 e. The highest BCUT2D eigenvalue weighted by atomic mass is 127. The van der Waals surface area contributed by atoms with E-state index < -0.39 is 0 Å².